The third kappa shape index (κ3) is 7.19. The Bertz CT molecular complexity index is 1090. The van der Waals surface area contributed by atoms with Crippen molar-refractivity contribution in [3.63, 3.8) is 0 Å². The van der Waals surface area contributed by atoms with Crippen LogP contribution in [0.5, 0.6) is 5.75 Å². The van der Waals surface area contributed by atoms with E-state index in [-0.39, 0.29) is 23.8 Å². The average molecular weight is 503 g/mol. The summed E-state index contributed by atoms with van der Waals surface area (Å²) in [5, 5.41) is 6.34. The fraction of sp³-hybridized carbons (Fsp3) is 0.500. The minimum Gasteiger partial charge on any atom is -0.497 e. The zero-order chi connectivity index (χ0) is 25.6. The topological polar surface area (TPSA) is 91.0 Å². The molecule has 1 fully saturated rings. The highest BCUT2D eigenvalue weighted by atomic mass is 32.2. The number of methoxy groups -OCH3 is 1. The molecular weight excluding hydrogens is 464 g/mol. The van der Waals surface area contributed by atoms with E-state index in [2.05, 4.69) is 22.6 Å². The number of carbonyl (C=O) groups excluding carboxylic acids is 1. The lowest BCUT2D eigenvalue weighted by Crippen LogP contribution is -2.32. The molecule has 1 aliphatic heterocycles. The van der Waals surface area contributed by atoms with Crippen molar-refractivity contribution in [2.75, 3.05) is 58.0 Å². The molecule has 0 aromatic heterocycles. The van der Waals surface area contributed by atoms with Crippen molar-refractivity contribution in [3.8, 4) is 5.75 Å². The number of ether oxygens (including phenoxy) is 1. The molecule has 9 heteroatoms. The monoisotopic (exact) mass is 502 g/mol. The molecule has 0 bridgehead atoms. The van der Waals surface area contributed by atoms with Gasteiger partial charge in [-0.05, 0) is 100 Å². The molecule has 0 atom stereocenters. The fourth-order valence-electron chi connectivity index (χ4n) is 4.39. The Labute approximate surface area is 209 Å². The number of anilines is 2. The fourth-order valence-corrected chi connectivity index (χ4v) is 5.97. The van der Waals surface area contributed by atoms with Crippen molar-refractivity contribution in [3.05, 3.63) is 47.5 Å². The van der Waals surface area contributed by atoms with E-state index >= 15 is 0 Å². The van der Waals surface area contributed by atoms with Gasteiger partial charge >= 0.3 is 0 Å². The van der Waals surface area contributed by atoms with Gasteiger partial charge in [-0.1, -0.05) is 0 Å². The summed E-state index contributed by atoms with van der Waals surface area (Å²) < 4.78 is 32.7. The first-order valence-electron chi connectivity index (χ1n) is 12.0. The lowest BCUT2D eigenvalue weighted by Gasteiger charge is -2.29. The maximum absolute atomic E-state index is 13.1. The molecule has 1 aliphatic rings. The van der Waals surface area contributed by atoms with Gasteiger partial charge in [0.05, 0.1) is 12.0 Å². The average Bonchev–Trinajstić information content (AvgIpc) is 2.82. The number of hydrogen-bond donors (Lipinski definition) is 2. The van der Waals surface area contributed by atoms with Crippen molar-refractivity contribution in [2.45, 2.75) is 38.0 Å². The van der Waals surface area contributed by atoms with Crippen LogP contribution in [-0.4, -0.2) is 70.9 Å². The summed E-state index contributed by atoms with van der Waals surface area (Å²) in [6, 6.07) is 11.0. The lowest BCUT2D eigenvalue weighted by atomic mass is 9.97. The van der Waals surface area contributed by atoms with Crippen LogP contribution in [0, 0.1) is 19.8 Å². The van der Waals surface area contributed by atoms with Gasteiger partial charge in [-0.25, -0.2) is 12.7 Å². The SMILES string of the molecule is COc1cc(C)c(S(=O)(=O)N(C)CCC(=O)Nc2ccc(NCC3CCN(C)CC3)cc2)c(C)c1. The predicted molar refractivity (Wildman–Crippen MR) is 141 cm³/mol. The van der Waals surface area contributed by atoms with Gasteiger partial charge in [0.1, 0.15) is 5.75 Å². The molecule has 0 spiro atoms. The number of nitrogens with one attached hydrogen (secondary N) is 2. The summed E-state index contributed by atoms with van der Waals surface area (Å²) in [5.74, 6) is 1.07. The van der Waals surface area contributed by atoms with Crippen molar-refractivity contribution < 1.29 is 17.9 Å². The van der Waals surface area contributed by atoms with Crippen LogP contribution in [0.4, 0.5) is 11.4 Å². The van der Waals surface area contributed by atoms with Gasteiger partial charge < -0.3 is 20.3 Å². The Kier molecular flexibility index (Phi) is 9.15. The summed E-state index contributed by atoms with van der Waals surface area (Å²) in [6.07, 6.45) is 2.47. The number of piperidine rings is 1. The standard InChI is InChI=1S/C26H38N4O4S/c1-19-16-24(34-5)17-20(2)26(19)35(32,33)30(4)15-12-25(31)28-23-8-6-22(7-9-23)27-18-21-10-13-29(3)14-11-21/h6-9,16-17,21,27H,10-15,18H2,1-5H3,(H,28,31). The maximum Gasteiger partial charge on any atom is 0.243 e. The van der Waals surface area contributed by atoms with Gasteiger partial charge in [0, 0.05) is 37.9 Å². The molecule has 0 saturated carbocycles. The highest BCUT2D eigenvalue weighted by Gasteiger charge is 2.26. The minimum absolute atomic E-state index is 0.0557. The number of hydrogen-bond acceptors (Lipinski definition) is 6. The second-order valence-corrected chi connectivity index (χ2v) is 11.4. The number of nitrogens with zero attached hydrogens (tertiary/aromatic N) is 2. The van der Waals surface area contributed by atoms with Crippen LogP contribution in [-0.2, 0) is 14.8 Å². The molecule has 2 N–H and O–H groups in total. The molecule has 2 aromatic carbocycles. The molecule has 8 nitrogen and oxygen atoms in total. The van der Waals surface area contributed by atoms with Crippen molar-refractivity contribution in [1.29, 1.82) is 0 Å². The number of carbonyl (C=O) groups is 1. The van der Waals surface area contributed by atoms with E-state index in [0.717, 1.165) is 25.3 Å². The van der Waals surface area contributed by atoms with Crippen LogP contribution in [0.3, 0.4) is 0 Å². The van der Waals surface area contributed by atoms with Gasteiger partial charge in [-0.2, -0.15) is 0 Å². The molecule has 35 heavy (non-hydrogen) atoms. The molecule has 0 unspecified atom stereocenters. The zero-order valence-electron chi connectivity index (χ0n) is 21.4. The van der Waals surface area contributed by atoms with Crippen LogP contribution in [0.2, 0.25) is 0 Å². The third-order valence-corrected chi connectivity index (χ3v) is 8.76. The third-order valence-electron chi connectivity index (χ3n) is 6.59. The van der Waals surface area contributed by atoms with Gasteiger partial charge in [-0.3, -0.25) is 4.79 Å². The van der Waals surface area contributed by atoms with E-state index in [9.17, 15) is 13.2 Å². The molecule has 3 rings (SSSR count). The summed E-state index contributed by atoms with van der Waals surface area (Å²) in [7, 11) is 1.48. The quantitative estimate of drug-likeness (QED) is 0.515. The zero-order valence-corrected chi connectivity index (χ0v) is 22.2. The summed E-state index contributed by atoms with van der Waals surface area (Å²) in [6.45, 7) is 6.81. The Morgan fingerprint density at radius 2 is 1.66 bits per heavy atom. The number of amides is 1. The highest BCUT2D eigenvalue weighted by molar-refractivity contribution is 7.89. The van der Waals surface area contributed by atoms with E-state index in [4.69, 9.17) is 4.74 Å². The molecule has 0 radical (unpaired) electrons. The van der Waals surface area contributed by atoms with Crippen LogP contribution in [0.1, 0.15) is 30.4 Å². The van der Waals surface area contributed by atoms with Gasteiger partial charge in [0.25, 0.3) is 0 Å². The number of benzene rings is 2. The Hall–Kier alpha value is -2.62. The predicted octanol–water partition coefficient (Wildman–Crippen LogP) is 3.72. The van der Waals surface area contributed by atoms with Crippen LogP contribution < -0.4 is 15.4 Å². The molecule has 1 heterocycles. The summed E-state index contributed by atoms with van der Waals surface area (Å²) in [4.78, 5) is 15.1. The molecule has 2 aromatic rings. The summed E-state index contributed by atoms with van der Waals surface area (Å²) in [5.41, 5.74) is 2.94. The number of sulfonamides is 1. The first kappa shape index (κ1) is 27.0. The molecular formula is C26H38N4O4S. The van der Waals surface area contributed by atoms with E-state index in [0.29, 0.717) is 28.5 Å². The highest BCUT2D eigenvalue weighted by Crippen LogP contribution is 2.28. The van der Waals surface area contributed by atoms with E-state index in [1.807, 2.05) is 24.3 Å². The van der Waals surface area contributed by atoms with Gasteiger partial charge in [-0.15, -0.1) is 0 Å². The minimum atomic E-state index is -3.73. The molecule has 0 aliphatic carbocycles. The van der Waals surface area contributed by atoms with Crippen molar-refractivity contribution >= 4 is 27.3 Å². The van der Waals surface area contributed by atoms with Crippen LogP contribution >= 0.6 is 0 Å². The number of rotatable bonds is 10. The Morgan fingerprint density at radius 1 is 1.09 bits per heavy atom. The first-order chi connectivity index (χ1) is 16.6. The number of likely N-dealkylation sites (tertiary alicyclic amines) is 1. The Balaban J connectivity index is 1.50. The van der Waals surface area contributed by atoms with Gasteiger partial charge in [0.15, 0.2) is 0 Å². The molecule has 192 valence electrons. The van der Waals surface area contributed by atoms with Crippen LogP contribution in [0.25, 0.3) is 0 Å². The summed E-state index contributed by atoms with van der Waals surface area (Å²) >= 11 is 0. The van der Waals surface area contributed by atoms with Crippen molar-refractivity contribution in [2.24, 2.45) is 5.92 Å². The van der Waals surface area contributed by atoms with E-state index in [1.165, 1.54) is 24.2 Å². The van der Waals surface area contributed by atoms with Crippen LogP contribution in [0.15, 0.2) is 41.3 Å². The largest absolute Gasteiger partial charge is 0.497 e. The van der Waals surface area contributed by atoms with E-state index in [1.54, 1.807) is 33.1 Å². The second kappa shape index (κ2) is 11.9. The first-order valence-corrected chi connectivity index (χ1v) is 13.5. The Morgan fingerprint density at radius 3 is 2.23 bits per heavy atom. The second-order valence-electron chi connectivity index (χ2n) is 9.42. The van der Waals surface area contributed by atoms with Gasteiger partial charge in [0.2, 0.25) is 15.9 Å². The lowest BCUT2D eigenvalue weighted by molar-refractivity contribution is -0.116. The smallest absolute Gasteiger partial charge is 0.243 e. The molecule has 1 saturated heterocycles. The molecule has 1 amide bonds. The maximum atomic E-state index is 13.1. The van der Waals surface area contributed by atoms with E-state index < -0.39 is 10.0 Å². The van der Waals surface area contributed by atoms with Crippen molar-refractivity contribution in [1.82, 2.24) is 9.21 Å². The number of aryl methyl sites for hydroxylation is 2. The normalized spacial score (nSPS) is 15.3.